The molecule has 0 unspecified atom stereocenters. The Bertz CT molecular complexity index is 1120. The quantitative estimate of drug-likeness (QED) is 0.564. The molecule has 138 valence electrons. The Morgan fingerprint density at radius 1 is 0.857 bits per heavy atom. The molecule has 3 aromatic rings. The highest BCUT2D eigenvalue weighted by molar-refractivity contribution is 6.39. The molecule has 0 aliphatic carbocycles. The number of hydrogen-bond donors (Lipinski definition) is 1. The molecule has 7 heteroatoms. The standard InChI is InChI=1S/C21H14FN3O3/c22-17-10-4-5-11-18(17)25-20(27)16(19(26)23-21(25)28)13-15-9-6-12-24(15)14-7-2-1-3-8-14/h1-13H,(H,23,26,28)/b16-13+. The van der Waals surface area contributed by atoms with Gasteiger partial charge < -0.3 is 4.57 Å². The molecule has 6 nitrogen and oxygen atoms in total. The summed E-state index contributed by atoms with van der Waals surface area (Å²) in [6.07, 6.45) is 3.16. The number of para-hydroxylation sites is 2. The van der Waals surface area contributed by atoms with Gasteiger partial charge >= 0.3 is 6.03 Å². The van der Waals surface area contributed by atoms with Crippen LogP contribution in [0.25, 0.3) is 11.8 Å². The Labute approximate surface area is 159 Å². The topological polar surface area (TPSA) is 71.4 Å². The van der Waals surface area contributed by atoms with Crippen LogP contribution >= 0.6 is 0 Å². The van der Waals surface area contributed by atoms with E-state index in [4.69, 9.17) is 0 Å². The van der Waals surface area contributed by atoms with Crippen molar-refractivity contribution in [3.8, 4) is 5.69 Å². The molecular formula is C21H14FN3O3. The lowest BCUT2D eigenvalue weighted by atomic mass is 10.1. The molecule has 0 saturated carbocycles. The van der Waals surface area contributed by atoms with Crippen LogP contribution in [0.3, 0.4) is 0 Å². The van der Waals surface area contributed by atoms with Crippen LogP contribution in [0, 0.1) is 5.82 Å². The monoisotopic (exact) mass is 375 g/mol. The maximum atomic E-state index is 14.1. The van der Waals surface area contributed by atoms with Crippen molar-refractivity contribution in [3.05, 3.63) is 90.0 Å². The zero-order valence-electron chi connectivity index (χ0n) is 14.5. The number of imide groups is 2. The maximum absolute atomic E-state index is 14.1. The third-order valence-corrected chi connectivity index (χ3v) is 4.30. The summed E-state index contributed by atoms with van der Waals surface area (Å²) in [6.45, 7) is 0. The highest BCUT2D eigenvalue weighted by Crippen LogP contribution is 2.25. The molecule has 1 aliphatic heterocycles. The second-order valence-electron chi connectivity index (χ2n) is 6.05. The zero-order chi connectivity index (χ0) is 19.7. The van der Waals surface area contributed by atoms with Crippen LogP contribution in [0.5, 0.6) is 0 Å². The molecule has 1 aromatic heterocycles. The Balaban J connectivity index is 1.77. The predicted octanol–water partition coefficient (Wildman–Crippen LogP) is 3.28. The number of carbonyl (C=O) groups excluding carboxylic acids is 3. The third-order valence-electron chi connectivity index (χ3n) is 4.30. The predicted molar refractivity (Wildman–Crippen MR) is 101 cm³/mol. The smallest absolute Gasteiger partial charge is 0.317 e. The lowest BCUT2D eigenvalue weighted by Crippen LogP contribution is -2.54. The maximum Gasteiger partial charge on any atom is 0.336 e. The SMILES string of the molecule is O=C1NC(=O)N(c2ccccc2F)C(=O)/C1=C/c1cccn1-c1ccccc1. The van der Waals surface area contributed by atoms with Crippen molar-refractivity contribution in [2.75, 3.05) is 4.90 Å². The summed E-state index contributed by atoms with van der Waals surface area (Å²) < 4.78 is 15.9. The number of urea groups is 1. The summed E-state index contributed by atoms with van der Waals surface area (Å²) >= 11 is 0. The number of benzene rings is 2. The van der Waals surface area contributed by atoms with E-state index in [1.807, 2.05) is 30.3 Å². The number of carbonyl (C=O) groups is 3. The van der Waals surface area contributed by atoms with Gasteiger partial charge in [-0.15, -0.1) is 0 Å². The Kier molecular flexibility index (Phi) is 4.33. The second-order valence-corrected chi connectivity index (χ2v) is 6.05. The zero-order valence-corrected chi connectivity index (χ0v) is 14.5. The van der Waals surface area contributed by atoms with E-state index in [1.165, 1.54) is 24.3 Å². The van der Waals surface area contributed by atoms with Crippen LogP contribution in [0.15, 0.2) is 78.5 Å². The van der Waals surface area contributed by atoms with Crippen LogP contribution < -0.4 is 10.2 Å². The molecular weight excluding hydrogens is 361 g/mol. The average Bonchev–Trinajstić information content (AvgIpc) is 3.15. The summed E-state index contributed by atoms with van der Waals surface area (Å²) in [5.41, 5.74) is 0.915. The molecule has 1 aliphatic rings. The summed E-state index contributed by atoms with van der Waals surface area (Å²) in [5.74, 6) is -2.46. The Morgan fingerprint density at radius 2 is 1.57 bits per heavy atom. The number of nitrogens with zero attached hydrogens (tertiary/aromatic N) is 2. The fourth-order valence-electron chi connectivity index (χ4n) is 2.99. The van der Waals surface area contributed by atoms with Gasteiger partial charge in [0.05, 0.1) is 5.69 Å². The van der Waals surface area contributed by atoms with Crippen molar-refractivity contribution in [1.29, 1.82) is 0 Å². The highest BCUT2D eigenvalue weighted by Gasteiger charge is 2.38. The van der Waals surface area contributed by atoms with Crippen molar-refractivity contribution < 1.29 is 18.8 Å². The van der Waals surface area contributed by atoms with Crippen molar-refractivity contribution in [3.63, 3.8) is 0 Å². The number of halogens is 1. The van der Waals surface area contributed by atoms with E-state index in [9.17, 15) is 18.8 Å². The first kappa shape index (κ1) is 17.4. The summed E-state index contributed by atoms with van der Waals surface area (Å²) in [4.78, 5) is 38.0. The summed E-state index contributed by atoms with van der Waals surface area (Å²) in [5, 5.41) is 2.09. The molecule has 28 heavy (non-hydrogen) atoms. The number of barbiturate groups is 1. The number of nitrogens with one attached hydrogen (secondary N) is 1. The third kappa shape index (κ3) is 2.99. The molecule has 0 spiro atoms. The normalized spacial score (nSPS) is 15.8. The van der Waals surface area contributed by atoms with E-state index in [2.05, 4.69) is 5.32 Å². The summed E-state index contributed by atoms with van der Waals surface area (Å²) in [7, 11) is 0. The first-order valence-electron chi connectivity index (χ1n) is 8.45. The average molecular weight is 375 g/mol. The number of amides is 4. The minimum absolute atomic E-state index is 0.221. The molecule has 4 rings (SSSR count). The minimum atomic E-state index is -0.990. The van der Waals surface area contributed by atoms with E-state index in [-0.39, 0.29) is 11.3 Å². The molecule has 0 radical (unpaired) electrons. The molecule has 0 atom stereocenters. The minimum Gasteiger partial charge on any atom is -0.317 e. The first-order valence-corrected chi connectivity index (χ1v) is 8.45. The Morgan fingerprint density at radius 3 is 2.32 bits per heavy atom. The van der Waals surface area contributed by atoms with Gasteiger partial charge in [-0.1, -0.05) is 30.3 Å². The number of hydrogen-bond acceptors (Lipinski definition) is 3. The van der Waals surface area contributed by atoms with Crippen molar-refractivity contribution >= 4 is 29.6 Å². The fraction of sp³-hybridized carbons (Fsp3) is 0. The van der Waals surface area contributed by atoms with Crippen LogP contribution in [0.4, 0.5) is 14.9 Å². The molecule has 1 saturated heterocycles. The van der Waals surface area contributed by atoms with E-state index in [1.54, 1.807) is 22.9 Å². The van der Waals surface area contributed by atoms with Crippen LogP contribution in [0.2, 0.25) is 0 Å². The van der Waals surface area contributed by atoms with E-state index in [0.717, 1.165) is 11.8 Å². The number of anilines is 1. The largest absolute Gasteiger partial charge is 0.336 e. The van der Waals surface area contributed by atoms with Gasteiger partial charge in [0.15, 0.2) is 0 Å². The van der Waals surface area contributed by atoms with Gasteiger partial charge in [-0.2, -0.15) is 0 Å². The van der Waals surface area contributed by atoms with Crippen LogP contribution in [-0.4, -0.2) is 22.4 Å². The van der Waals surface area contributed by atoms with E-state index < -0.39 is 23.7 Å². The van der Waals surface area contributed by atoms with E-state index in [0.29, 0.717) is 10.6 Å². The van der Waals surface area contributed by atoms with Crippen LogP contribution in [0.1, 0.15) is 5.69 Å². The molecule has 1 fully saturated rings. The number of aromatic nitrogens is 1. The van der Waals surface area contributed by atoms with Gasteiger partial charge in [-0.05, 0) is 42.5 Å². The summed E-state index contributed by atoms with van der Waals surface area (Å²) in [6, 6.07) is 17.2. The molecule has 0 bridgehead atoms. The number of rotatable bonds is 3. The van der Waals surface area contributed by atoms with Gasteiger partial charge in [0.2, 0.25) is 0 Å². The molecule has 2 aromatic carbocycles. The molecule has 4 amide bonds. The van der Waals surface area contributed by atoms with Gasteiger partial charge in [0.1, 0.15) is 11.4 Å². The van der Waals surface area contributed by atoms with E-state index >= 15 is 0 Å². The van der Waals surface area contributed by atoms with Gasteiger partial charge in [0.25, 0.3) is 11.8 Å². The van der Waals surface area contributed by atoms with Crippen molar-refractivity contribution in [1.82, 2.24) is 9.88 Å². The lowest BCUT2D eigenvalue weighted by Gasteiger charge is -2.26. The molecule has 2 heterocycles. The van der Waals surface area contributed by atoms with Crippen molar-refractivity contribution in [2.24, 2.45) is 0 Å². The molecule has 1 N–H and O–H groups in total. The first-order chi connectivity index (χ1) is 13.6. The lowest BCUT2D eigenvalue weighted by molar-refractivity contribution is -0.122. The highest BCUT2D eigenvalue weighted by atomic mass is 19.1. The van der Waals surface area contributed by atoms with Gasteiger partial charge in [-0.3, -0.25) is 14.9 Å². The second kappa shape index (κ2) is 6.96. The van der Waals surface area contributed by atoms with Crippen LogP contribution in [-0.2, 0) is 9.59 Å². The fourth-order valence-corrected chi connectivity index (χ4v) is 2.99. The van der Waals surface area contributed by atoms with Crippen molar-refractivity contribution in [2.45, 2.75) is 0 Å². The van der Waals surface area contributed by atoms with Gasteiger partial charge in [0, 0.05) is 17.6 Å². The Hall–Kier alpha value is -4.00. The van der Waals surface area contributed by atoms with Gasteiger partial charge in [-0.25, -0.2) is 14.1 Å².